The molecule has 1 aromatic carbocycles. The lowest BCUT2D eigenvalue weighted by Crippen LogP contribution is -2.50. The van der Waals surface area contributed by atoms with E-state index in [1.807, 2.05) is 13.8 Å². The van der Waals surface area contributed by atoms with Crippen LogP contribution in [0.5, 0.6) is 5.75 Å². The second kappa shape index (κ2) is 9.10. The number of carbonyl (C=O) groups excluding carboxylic acids is 1. The summed E-state index contributed by atoms with van der Waals surface area (Å²) < 4.78 is 31.9. The van der Waals surface area contributed by atoms with Gasteiger partial charge in [-0.25, -0.2) is 8.42 Å². The van der Waals surface area contributed by atoms with Gasteiger partial charge in [0.15, 0.2) is 0 Å². The minimum atomic E-state index is -3.79. The Kier molecular flexibility index (Phi) is 8.53. The van der Waals surface area contributed by atoms with Crippen LogP contribution in [-0.4, -0.2) is 38.3 Å². The molecule has 0 unspecified atom stereocenters. The number of sulfonamides is 1. The molecular weight excluding hydrogens is 354 g/mol. The first-order chi connectivity index (χ1) is 10.5. The molecule has 0 atom stereocenters. The fraction of sp³-hybridized carbons (Fsp3) is 0.533. The van der Waals surface area contributed by atoms with Gasteiger partial charge in [0.05, 0.1) is 6.10 Å². The van der Waals surface area contributed by atoms with Crippen LogP contribution in [0.2, 0.25) is 0 Å². The number of halogens is 1. The van der Waals surface area contributed by atoms with Crippen molar-refractivity contribution in [1.29, 1.82) is 0 Å². The molecule has 0 aliphatic heterocycles. The summed E-state index contributed by atoms with van der Waals surface area (Å²) in [6, 6.07) is 6.49. The smallest absolute Gasteiger partial charge is 0.241 e. The average Bonchev–Trinajstić information content (AvgIpc) is 2.38. The van der Waals surface area contributed by atoms with E-state index in [1.165, 1.54) is 0 Å². The molecule has 1 rings (SSSR count). The van der Waals surface area contributed by atoms with Crippen LogP contribution in [-0.2, 0) is 14.8 Å². The fourth-order valence-corrected chi connectivity index (χ4v) is 2.71. The lowest BCUT2D eigenvalue weighted by molar-refractivity contribution is -0.120. The molecule has 1 aromatic rings. The number of nitrogens with one attached hydrogen (secondary N) is 2. The Morgan fingerprint density at radius 3 is 2.25 bits per heavy atom. The Bertz CT molecular complexity index is 631. The van der Waals surface area contributed by atoms with Gasteiger partial charge in [-0.1, -0.05) is 0 Å². The van der Waals surface area contributed by atoms with Crippen molar-refractivity contribution in [3.8, 4) is 5.75 Å². The van der Waals surface area contributed by atoms with Crippen LogP contribution < -0.4 is 20.5 Å². The van der Waals surface area contributed by atoms with E-state index in [2.05, 4.69) is 10.0 Å². The van der Waals surface area contributed by atoms with Crippen molar-refractivity contribution in [1.82, 2.24) is 5.32 Å². The highest BCUT2D eigenvalue weighted by Gasteiger charge is 2.23. The van der Waals surface area contributed by atoms with Crippen molar-refractivity contribution >= 4 is 34.0 Å². The van der Waals surface area contributed by atoms with Gasteiger partial charge in [-0.3, -0.25) is 9.52 Å². The van der Waals surface area contributed by atoms with Gasteiger partial charge in [-0.2, -0.15) is 0 Å². The summed E-state index contributed by atoms with van der Waals surface area (Å²) in [6.45, 7) is 7.45. The molecular formula is C15H26ClN3O4S. The zero-order chi connectivity index (χ0) is 17.7. The van der Waals surface area contributed by atoms with E-state index in [-0.39, 0.29) is 25.1 Å². The van der Waals surface area contributed by atoms with E-state index in [0.29, 0.717) is 11.4 Å². The largest absolute Gasteiger partial charge is 0.491 e. The van der Waals surface area contributed by atoms with Crippen molar-refractivity contribution in [3.05, 3.63) is 24.3 Å². The first kappa shape index (κ1) is 22.5. The van der Waals surface area contributed by atoms with Crippen LogP contribution in [0.3, 0.4) is 0 Å². The normalized spacial score (nSPS) is 11.6. The highest BCUT2D eigenvalue weighted by molar-refractivity contribution is 7.93. The third-order valence-electron chi connectivity index (χ3n) is 2.81. The second-order valence-electron chi connectivity index (χ2n) is 6.19. The molecule has 138 valence electrons. The maximum atomic E-state index is 12.0. The molecule has 0 radical (unpaired) electrons. The molecule has 9 heteroatoms. The van der Waals surface area contributed by atoms with E-state index < -0.39 is 27.2 Å². The third kappa shape index (κ3) is 8.37. The number of nitrogens with two attached hydrogens (primary N) is 1. The van der Waals surface area contributed by atoms with Crippen LogP contribution in [0.15, 0.2) is 24.3 Å². The summed E-state index contributed by atoms with van der Waals surface area (Å²) in [5, 5.41) is 2.58. The van der Waals surface area contributed by atoms with Crippen molar-refractivity contribution in [2.24, 2.45) is 5.73 Å². The van der Waals surface area contributed by atoms with Crippen LogP contribution in [0.4, 0.5) is 5.69 Å². The molecule has 0 saturated heterocycles. The van der Waals surface area contributed by atoms with Gasteiger partial charge in [0.1, 0.15) is 11.5 Å². The maximum Gasteiger partial charge on any atom is 0.241 e. The van der Waals surface area contributed by atoms with E-state index in [0.717, 1.165) is 0 Å². The highest BCUT2D eigenvalue weighted by atomic mass is 35.5. The molecule has 0 aromatic heterocycles. The van der Waals surface area contributed by atoms with Crippen molar-refractivity contribution in [2.45, 2.75) is 39.3 Å². The van der Waals surface area contributed by atoms with Gasteiger partial charge in [0.25, 0.3) is 0 Å². The molecule has 0 heterocycles. The minimum absolute atomic E-state index is 0. The van der Waals surface area contributed by atoms with Gasteiger partial charge >= 0.3 is 0 Å². The molecule has 24 heavy (non-hydrogen) atoms. The zero-order valence-electron chi connectivity index (χ0n) is 14.3. The van der Waals surface area contributed by atoms with E-state index in [4.69, 9.17) is 10.5 Å². The summed E-state index contributed by atoms with van der Waals surface area (Å²) in [6.07, 6.45) is 0.0344. The van der Waals surface area contributed by atoms with Crippen LogP contribution >= 0.6 is 12.4 Å². The molecule has 4 N–H and O–H groups in total. The summed E-state index contributed by atoms with van der Waals surface area (Å²) in [5.74, 6) is -0.626. The first-order valence-corrected chi connectivity index (χ1v) is 8.96. The SMILES string of the molecule is CC(C)Oc1ccc(NS(=O)(=O)CC(=O)NC(C)(C)CN)cc1.Cl. The number of hydrogen-bond acceptors (Lipinski definition) is 5. The number of ether oxygens (including phenoxy) is 1. The van der Waals surface area contributed by atoms with Gasteiger partial charge in [0, 0.05) is 17.8 Å². The monoisotopic (exact) mass is 379 g/mol. The van der Waals surface area contributed by atoms with Crippen molar-refractivity contribution in [3.63, 3.8) is 0 Å². The Hall–Kier alpha value is -1.51. The van der Waals surface area contributed by atoms with E-state index in [9.17, 15) is 13.2 Å². The molecule has 0 aliphatic carbocycles. The fourth-order valence-electron chi connectivity index (χ4n) is 1.73. The summed E-state index contributed by atoms with van der Waals surface area (Å²) in [4.78, 5) is 11.8. The summed E-state index contributed by atoms with van der Waals surface area (Å²) in [5.41, 5.74) is 5.22. The predicted molar refractivity (Wildman–Crippen MR) is 98.1 cm³/mol. The van der Waals surface area contributed by atoms with Gasteiger partial charge < -0.3 is 15.8 Å². The van der Waals surface area contributed by atoms with Crippen molar-refractivity contribution < 1.29 is 17.9 Å². The predicted octanol–water partition coefficient (Wildman–Crippen LogP) is 1.49. The topological polar surface area (TPSA) is 111 Å². The maximum absolute atomic E-state index is 12.0. The molecule has 0 fully saturated rings. The molecule has 0 bridgehead atoms. The number of hydrogen-bond donors (Lipinski definition) is 3. The van der Waals surface area contributed by atoms with E-state index in [1.54, 1.807) is 38.1 Å². The number of amides is 1. The molecule has 0 aliphatic rings. The molecule has 7 nitrogen and oxygen atoms in total. The van der Waals surface area contributed by atoms with Crippen LogP contribution in [0.25, 0.3) is 0 Å². The lowest BCUT2D eigenvalue weighted by atomic mass is 10.1. The Morgan fingerprint density at radius 1 is 1.25 bits per heavy atom. The van der Waals surface area contributed by atoms with Crippen LogP contribution in [0.1, 0.15) is 27.7 Å². The van der Waals surface area contributed by atoms with Gasteiger partial charge in [0.2, 0.25) is 15.9 Å². The van der Waals surface area contributed by atoms with Crippen LogP contribution in [0, 0.1) is 0 Å². The summed E-state index contributed by atoms with van der Waals surface area (Å²) in [7, 11) is -3.79. The quantitative estimate of drug-likeness (QED) is 0.633. The Morgan fingerprint density at radius 2 is 1.79 bits per heavy atom. The molecule has 0 saturated carbocycles. The first-order valence-electron chi connectivity index (χ1n) is 7.31. The summed E-state index contributed by atoms with van der Waals surface area (Å²) >= 11 is 0. The number of anilines is 1. The standard InChI is InChI=1S/C15H25N3O4S.ClH/c1-11(2)22-13-7-5-12(6-8-13)18-23(20,21)9-14(19)17-15(3,4)10-16;/h5-8,11,18H,9-10,16H2,1-4H3,(H,17,19);1H. The number of rotatable bonds is 8. The lowest BCUT2D eigenvalue weighted by Gasteiger charge is -2.24. The number of benzene rings is 1. The van der Waals surface area contributed by atoms with E-state index >= 15 is 0 Å². The Labute approximate surface area is 149 Å². The Balaban J connectivity index is 0.00000529. The number of carbonyl (C=O) groups is 1. The van der Waals surface area contributed by atoms with Gasteiger partial charge in [-0.05, 0) is 52.0 Å². The van der Waals surface area contributed by atoms with Crippen molar-refractivity contribution in [2.75, 3.05) is 17.0 Å². The van der Waals surface area contributed by atoms with Gasteiger partial charge in [-0.15, -0.1) is 12.4 Å². The average molecular weight is 380 g/mol. The third-order valence-corrected chi connectivity index (χ3v) is 4.00. The molecule has 0 spiro atoms. The second-order valence-corrected chi connectivity index (χ2v) is 7.91. The zero-order valence-corrected chi connectivity index (χ0v) is 16.0. The molecule has 1 amide bonds. The minimum Gasteiger partial charge on any atom is -0.491 e. The highest BCUT2D eigenvalue weighted by Crippen LogP contribution is 2.17.